The van der Waals surface area contributed by atoms with Crippen LogP contribution in [0.15, 0.2) is 24.3 Å². The van der Waals surface area contributed by atoms with Gasteiger partial charge < -0.3 is 16.4 Å². The minimum atomic E-state index is -0.496. The molecular formula is C14H19N3O2. The summed E-state index contributed by atoms with van der Waals surface area (Å²) >= 11 is 0. The Hall–Kier alpha value is -1.88. The van der Waals surface area contributed by atoms with E-state index in [1.807, 2.05) is 6.92 Å². The lowest BCUT2D eigenvalue weighted by atomic mass is 9.91. The van der Waals surface area contributed by atoms with Crippen molar-refractivity contribution in [1.82, 2.24) is 5.32 Å². The van der Waals surface area contributed by atoms with E-state index < -0.39 is 5.91 Å². The molecule has 4 N–H and O–H groups in total. The lowest BCUT2D eigenvalue weighted by molar-refractivity contribution is -0.121. The van der Waals surface area contributed by atoms with Crippen molar-refractivity contribution >= 4 is 17.5 Å². The van der Waals surface area contributed by atoms with Crippen molar-refractivity contribution in [3.05, 3.63) is 29.8 Å². The van der Waals surface area contributed by atoms with Crippen molar-refractivity contribution in [3.63, 3.8) is 0 Å². The van der Waals surface area contributed by atoms with Gasteiger partial charge in [-0.05, 0) is 44.5 Å². The molecule has 1 fully saturated rings. The fourth-order valence-corrected chi connectivity index (χ4v) is 2.39. The highest BCUT2D eigenvalue weighted by Gasteiger charge is 2.27. The topological polar surface area (TPSA) is 84.2 Å². The zero-order valence-electron chi connectivity index (χ0n) is 11.0. The SMILES string of the molecule is CC1NCCCC1C(=O)Nc1cccc(C(N)=O)c1. The van der Waals surface area contributed by atoms with E-state index in [4.69, 9.17) is 5.73 Å². The van der Waals surface area contributed by atoms with Crippen LogP contribution < -0.4 is 16.4 Å². The zero-order chi connectivity index (χ0) is 13.8. The second kappa shape index (κ2) is 5.84. The number of hydrogen-bond acceptors (Lipinski definition) is 3. The Kier molecular flexibility index (Phi) is 4.16. The van der Waals surface area contributed by atoms with Gasteiger partial charge in [0.2, 0.25) is 11.8 Å². The van der Waals surface area contributed by atoms with E-state index in [2.05, 4.69) is 10.6 Å². The van der Waals surface area contributed by atoms with Gasteiger partial charge >= 0.3 is 0 Å². The Balaban J connectivity index is 2.06. The van der Waals surface area contributed by atoms with Crippen LogP contribution in [0.2, 0.25) is 0 Å². The van der Waals surface area contributed by atoms with E-state index in [0.29, 0.717) is 11.3 Å². The van der Waals surface area contributed by atoms with Gasteiger partial charge in [0, 0.05) is 17.3 Å². The third-order valence-corrected chi connectivity index (χ3v) is 3.51. The molecule has 19 heavy (non-hydrogen) atoms. The molecule has 1 saturated heterocycles. The summed E-state index contributed by atoms with van der Waals surface area (Å²) in [5.41, 5.74) is 6.22. The maximum Gasteiger partial charge on any atom is 0.248 e. The Morgan fingerprint density at radius 1 is 1.42 bits per heavy atom. The van der Waals surface area contributed by atoms with Crippen molar-refractivity contribution in [2.24, 2.45) is 11.7 Å². The number of amides is 2. The van der Waals surface area contributed by atoms with Gasteiger partial charge in [0.05, 0.1) is 5.92 Å². The van der Waals surface area contributed by atoms with Gasteiger partial charge in [-0.2, -0.15) is 0 Å². The van der Waals surface area contributed by atoms with E-state index >= 15 is 0 Å². The summed E-state index contributed by atoms with van der Waals surface area (Å²) in [5.74, 6) is -0.545. The number of hydrogen-bond donors (Lipinski definition) is 3. The highest BCUT2D eigenvalue weighted by Crippen LogP contribution is 2.19. The van der Waals surface area contributed by atoms with Crippen molar-refractivity contribution in [3.8, 4) is 0 Å². The number of primary amides is 1. The second-order valence-corrected chi connectivity index (χ2v) is 4.93. The molecule has 2 atom stereocenters. The van der Waals surface area contributed by atoms with Gasteiger partial charge in [-0.1, -0.05) is 6.07 Å². The fourth-order valence-electron chi connectivity index (χ4n) is 2.39. The van der Waals surface area contributed by atoms with E-state index in [1.165, 1.54) is 0 Å². The molecule has 0 saturated carbocycles. The first-order chi connectivity index (χ1) is 9.08. The van der Waals surface area contributed by atoms with Crippen LogP contribution in [0, 0.1) is 5.92 Å². The van der Waals surface area contributed by atoms with E-state index in [-0.39, 0.29) is 17.9 Å². The van der Waals surface area contributed by atoms with Crippen LogP contribution in [0.3, 0.4) is 0 Å². The quantitative estimate of drug-likeness (QED) is 0.762. The van der Waals surface area contributed by atoms with Crippen LogP contribution in [0.25, 0.3) is 0 Å². The first-order valence-corrected chi connectivity index (χ1v) is 6.52. The summed E-state index contributed by atoms with van der Waals surface area (Å²) in [6.07, 6.45) is 1.89. The zero-order valence-corrected chi connectivity index (χ0v) is 11.0. The first-order valence-electron chi connectivity index (χ1n) is 6.52. The molecule has 0 aromatic heterocycles. The standard InChI is InChI=1S/C14H19N3O2/c1-9-12(6-3-7-16-9)14(19)17-11-5-2-4-10(8-11)13(15)18/h2,4-5,8-9,12,16H,3,6-7H2,1H3,(H2,15,18)(H,17,19). The predicted molar refractivity (Wildman–Crippen MR) is 73.8 cm³/mol. The van der Waals surface area contributed by atoms with Crippen LogP contribution in [-0.2, 0) is 4.79 Å². The molecule has 1 aromatic carbocycles. The van der Waals surface area contributed by atoms with E-state index in [1.54, 1.807) is 24.3 Å². The molecule has 0 spiro atoms. The number of nitrogens with one attached hydrogen (secondary N) is 2. The molecule has 1 aromatic rings. The molecule has 5 heteroatoms. The molecule has 0 aliphatic carbocycles. The maximum atomic E-state index is 12.2. The molecule has 1 aliphatic heterocycles. The molecule has 1 heterocycles. The maximum absolute atomic E-state index is 12.2. The van der Waals surface area contributed by atoms with Crippen LogP contribution in [0.1, 0.15) is 30.1 Å². The largest absolute Gasteiger partial charge is 0.366 e. The molecular weight excluding hydrogens is 242 g/mol. The highest BCUT2D eigenvalue weighted by atomic mass is 16.2. The van der Waals surface area contributed by atoms with Crippen molar-refractivity contribution in [1.29, 1.82) is 0 Å². The monoisotopic (exact) mass is 261 g/mol. The lowest BCUT2D eigenvalue weighted by Gasteiger charge is -2.28. The van der Waals surface area contributed by atoms with Crippen molar-refractivity contribution in [2.45, 2.75) is 25.8 Å². The number of anilines is 1. The predicted octanol–water partition coefficient (Wildman–Crippen LogP) is 1.11. The van der Waals surface area contributed by atoms with Gasteiger partial charge in [-0.25, -0.2) is 0 Å². The minimum Gasteiger partial charge on any atom is -0.366 e. The van der Waals surface area contributed by atoms with Crippen LogP contribution >= 0.6 is 0 Å². The van der Waals surface area contributed by atoms with Gasteiger partial charge in [0.1, 0.15) is 0 Å². The molecule has 1 aliphatic rings. The third-order valence-electron chi connectivity index (χ3n) is 3.51. The first kappa shape index (κ1) is 13.5. The minimum absolute atomic E-state index is 0.0127. The molecule has 102 valence electrons. The Bertz CT molecular complexity index is 487. The highest BCUT2D eigenvalue weighted by molar-refractivity contribution is 5.97. The van der Waals surface area contributed by atoms with Crippen LogP contribution in [0.4, 0.5) is 5.69 Å². The molecule has 0 radical (unpaired) electrons. The molecule has 5 nitrogen and oxygen atoms in total. The number of rotatable bonds is 3. The Morgan fingerprint density at radius 2 is 2.21 bits per heavy atom. The molecule has 2 unspecified atom stereocenters. The average molecular weight is 261 g/mol. The molecule has 2 amide bonds. The van der Waals surface area contributed by atoms with E-state index in [0.717, 1.165) is 19.4 Å². The molecule has 0 bridgehead atoms. The van der Waals surface area contributed by atoms with Gasteiger partial charge in [-0.15, -0.1) is 0 Å². The smallest absolute Gasteiger partial charge is 0.248 e. The number of nitrogens with two attached hydrogens (primary N) is 1. The number of piperidine rings is 1. The van der Waals surface area contributed by atoms with Crippen molar-refractivity contribution < 1.29 is 9.59 Å². The summed E-state index contributed by atoms with van der Waals surface area (Å²) in [4.78, 5) is 23.3. The average Bonchev–Trinajstić information content (AvgIpc) is 2.39. The van der Waals surface area contributed by atoms with E-state index in [9.17, 15) is 9.59 Å². The summed E-state index contributed by atoms with van der Waals surface area (Å²) in [6, 6.07) is 6.86. The van der Waals surface area contributed by atoms with Gasteiger partial charge in [-0.3, -0.25) is 9.59 Å². The third kappa shape index (κ3) is 3.32. The molecule has 2 rings (SSSR count). The van der Waals surface area contributed by atoms with Crippen molar-refractivity contribution in [2.75, 3.05) is 11.9 Å². The number of carbonyl (C=O) groups excluding carboxylic acids is 2. The van der Waals surface area contributed by atoms with Gasteiger partial charge in [0.25, 0.3) is 0 Å². The Morgan fingerprint density at radius 3 is 2.89 bits per heavy atom. The van der Waals surface area contributed by atoms with Gasteiger partial charge in [0.15, 0.2) is 0 Å². The van der Waals surface area contributed by atoms with Crippen LogP contribution in [0.5, 0.6) is 0 Å². The summed E-state index contributed by atoms with van der Waals surface area (Å²) in [5, 5.41) is 6.14. The Labute approximate surface area is 112 Å². The summed E-state index contributed by atoms with van der Waals surface area (Å²) < 4.78 is 0. The summed E-state index contributed by atoms with van der Waals surface area (Å²) in [7, 11) is 0. The summed E-state index contributed by atoms with van der Waals surface area (Å²) in [6.45, 7) is 2.98. The lowest BCUT2D eigenvalue weighted by Crippen LogP contribution is -2.44. The normalized spacial score (nSPS) is 22.8. The van der Waals surface area contributed by atoms with Crippen LogP contribution in [-0.4, -0.2) is 24.4 Å². The fraction of sp³-hybridized carbons (Fsp3) is 0.429. The number of benzene rings is 1. The number of carbonyl (C=O) groups is 2. The second-order valence-electron chi connectivity index (χ2n) is 4.93.